The van der Waals surface area contributed by atoms with Crippen LogP contribution in [0.2, 0.25) is 0 Å². The first-order valence-corrected chi connectivity index (χ1v) is 5.09. The van der Waals surface area contributed by atoms with Crippen molar-refractivity contribution in [3.63, 3.8) is 0 Å². The van der Waals surface area contributed by atoms with Gasteiger partial charge in [-0.15, -0.1) is 10.2 Å². The second-order valence-corrected chi connectivity index (χ2v) is 4.22. The molecule has 0 bridgehead atoms. The lowest BCUT2D eigenvalue weighted by molar-refractivity contribution is 0.362. The van der Waals surface area contributed by atoms with Crippen molar-refractivity contribution in [3.05, 3.63) is 11.8 Å². The average molecular weight is 197 g/mol. The van der Waals surface area contributed by atoms with Gasteiger partial charge in [0.1, 0.15) is 0 Å². The van der Waals surface area contributed by atoms with Gasteiger partial charge in [0.15, 0.2) is 0 Å². The van der Waals surface area contributed by atoms with Gasteiger partial charge in [-0.05, 0) is 5.92 Å². The molecule has 0 aliphatic rings. The molecule has 80 valence electrons. The molecule has 0 saturated carbocycles. The Morgan fingerprint density at radius 3 is 2.07 bits per heavy atom. The molecule has 14 heavy (non-hydrogen) atoms. The molecule has 1 aromatic heterocycles. The van der Waals surface area contributed by atoms with E-state index in [1.165, 1.54) is 0 Å². The minimum absolute atomic E-state index is 0.176. The van der Waals surface area contributed by atoms with E-state index in [1.54, 1.807) is 0 Å². The van der Waals surface area contributed by atoms with Crippen LogP contribution in [0, 0.1) is 5.92 Å². The van der Waals surface area contributed by atoms with Gasteiger partial charge in [-0.2, -0.15) is 0 Å². The largest absolute Gasteiger partial charge is 0.425 e. The lowest BCUT2D eigenvalue weighted by atomic mass is 9.96. The molecule has 4 heteroatoms. The standard InChI is InChI=1S/C10H19N3O/c1-6(2)8(5-11)10-13-12-9(14-10)7(3)4/h6-8H,5,11H2,1-4H3. The van der Waals surface area contributed by atoms with E-state index in [4.69, 9.17) is 10.2 Å². The highest BCUT2D eigenvalue weighted by Crippen LogP contribution is 2.23. The van der Waals surface area contributed by atoms with Crippen molar-refractivity contribution in [1.29, 1.82) is 0 Å². The summed E-state index contributed by atoms with van der Waals surface area (Å²) >= 11 is 0. The molecular formula is C10H19N3O. The van der Waals surface area contributed by atoms with Crippen LogP contribution in [0.15, 0.2) is 4.42 Å². The van der Waals surface area contributed by atoms with Crippen molar-refractivity contribution in [2.45, 2.75) is 39.5 Å². The lowest BCUT2D eigenvalue weighted by Crippen LogP contribution is -2.18. The van der Waals surface area contributed by atoms with Crippen molar-refractivity contribution in [3.8, 4) is 0 Å². The Morgan fingerprint density at radius 1 is 1.14 bits per heavy atom. The Labute approximate surface area is 84.9 Å². The van der Waals surface area contributed by atoms with Crippen molar-refractivity contribution >= 4 is 0 Å². The Balaban J connectivity index is 2.84. The average Bonchev–Trinajstić information content (AvgIpc) is 2.53. The zero-order chi connectivity index (χ0) is 10.7. The molecule has 1 atom stereocenters. The molecule has 1 rings (SSSR count). The molecule has 0 saturated heterocycles. The summed E-state index contributed by atoms with van der Waals surface area (Å²) in [6.07, 6.45) is 0. The van der Waals surface area contributed by atoms with Gasteiger partial charge < -0.3 is 10.2 Å². The van der Waals surface area contributed by atoms with Crippen molar-refractivity contribution in [2.24, 2.45) is 11.7 Å². The number of nitrogens with zero attached hydrogens (tertiary/aromatic N) is 2. The van der Waals surface area contributed by atoms with Gasteiger partial charge in [0.05, 0.1) is 5.92 Å². The number of rotatable bonds is 4. The topological polar surface area (TPSA) is 64.9 Å². The first-order chi connectivity index (χ1) is 6.56. The number of nitrogens with two attached hydrogens (primary N) is 1. The molecule has 1 aromatic rings. The van der Waals surface area contributed by atoms with Crippen molar-refractivity contribution in [2.75, 3.05) is 6.54 Å². The summed E-state index contributed by atoms with van der Waals surface area (Å²) in [5, 5.41) is 8.03. The Morgan fingerprint density at radius 2 is 1.71 bits per heavy atom. The van der Waals surface area contributed by atoms with Crippen LogP contribution in [-0.2, 0) is 0 Å². The number of aromatic nitrogens is 2. The Bertz CT molecular complexity index is 281. The summed E-state index contributed by atoms with van der Waals surface area (Å²) < 4.78 is 5.56. The number of hydrogen-bond acceptors (Lipinski definition) is 4. The van der Waals surface area contributed by atoms with Gasteiger partial charge in [-0.25, -0.2) is 0 Å². The van der Waals surface area contributed by atoms with Gasteiger partial charge in [0, 0.05) is 12.5 Å². The van der Waals surface area contributed by atoms with Crippen LogP contribution >= 0.6 is 0 Å². The van der Waals surface area contributed by atoms with E-state index in [0.29, 0.717) is 24.2 Å². The second kappa shape index (κ2) is 4.55. The maximum atomic E-state index is 5.66. The Kier molecular flexibility index (Phi) is 3.63. The molecule has 0 spiro atoms. The summed E-state index contributed by atoms with van der Waals surface area (Å²) in [5.74, 6) is 2.25. The van der Waals surface area contributed by atoms with Crippen LogP contribution in [0.5, 0.6) is 0 Å². The van der Waals surface area contributed by atoms with E-state index >= 15 is 0 Å². The van der Waals surface area contributed by atoms with Crippen molar-refractivity contribution < 1.29 is 4.42 Å². The fourth-order valence-electron chi connectivity index (χ4n) is 1.29. The van der Waals surface area contributed by atoms with Crippen LogP contribution in [0.1, 0.15) is 51.3 Å². The molecule has 0 aliphatic heterocycles. The zero-order valence-electron chi connectivity index (χ0n) is 9.32. The van der Waals surface area contributed by atoms with E-state index in [-0.39, 0.29) is 11.8 Å². The molecule has 2 N–H and O–H groups in total. The summed E-state index contributed by atoms with van der Waals surface area (Å²) in [5.41, 5.74) is 5.66. The van der Waals surface area contributed by atoms with E-state index in [1.807, 2.05) is 13.8 Å². The third-order valence-corrected chi connectivity index (χ3v) is 2.33. The van der Waals surface area contributed by atoms with Crippen LogP contribution in [0.4, 0.5) is 0 Å². The predicted molar refractivity (Wildman–Crippen MR) is 55.0 cm³/mol. The minimum Gasteiger partial charge on any atom is -0.425 e. The third kappa shape index (κ3) is 2.32. The predicted octanol–water partition coefficient (Wildman–Crippen LogP) is 1.89. The summed E-state index contributed by atoms with van der Waals surface area (Å²) in [4.78, 5) is 0. The highest BCUT2D eigenvalue weighted by atomic mass is 16.4. The SMILES string of the molecule is CC(C)c1nnc(C(CN)C(C)C)o1. The molecule has 0 amide bonds. The summed E-state index contributed by atoms with van der Waals surface area (Å²) in [7, 11) is 0. The lowest BCUT2D eigenvalue weighted by Gasteiger charge is -2.13. The molecule has 0 aliphatic carbocycles. The third-order valence-electron chi connectivity index (χ3n) is 2.33. The summed E-state index contributed by atoms with van der Waals surface area (Å²) in [6.45, 7) is 8.83. The molecule has 1 unspecified atom stereocenters. The minimum atomic E-state index is 0.176. The molecule has 4 nitrogen and oxygen atoms in total. The maximum absolute atomic E-state index is 5.66. The van der Waals surface area contributed by atoms with Crippen LogP contribution in [-0.4, -0.2) is 16.7 Å². The molecule has 1 heterocycles. The second-order valence-electron chi connectivity index (χ2n) is 4.22. The van der Waals surface area contributed by atoms with Gasteiger partial charge in [-0.1, -0.05) is 27.7 Å². The fraction of sp³-hybridized carbons (Fsp3) is 0.800. The number of hydrogen-bond donors (Lipinski definition) is 1. The van der Waals surface area contributed by atoms with Crippen LogP contribution in [0.3, 0.4) is 0 Å². The highest BCUT2D eigenvalue weighted by molar-refractivity contribution is 4.95. The van der Waals surface area contributed by atoms with Gasteiger partial charge in [0.25, 0.3) is 0 Å². The fourth-order valence-corrected chi connectivity index (χ4v) is 1.29. The maximum Gasteiger partial charge on any atom is 0.221 e. The van der Waals surface area contributed by atoms with E-state index in [9.17, 15) is 0 Å². The van der Waals surface area contributed by atoms with E-state index in [0.717, 1.165) is 0 Å². The van der Waals surface area contributed by atoms with E-state index in [2.05, 4.69) is 24.0 Å². The first-order valence-electron chi connectivity index (χ1n) is 5.09. The smallest absolute Gasteiger partial charge is 0.221 e. The molecule has 0 fully saturated rings. The van der Waals surface area contributed by atoms with Gasteiger partial charge in [-0.3, -0.25) is 0 Å². The first kappa shape index (κ1) is 11.2. The zero-order valence-corrected chi connectivity index (χ0v) is 9.32. The molecule has 0 radical (unpaired) electrons. The van der Waals surface area contributed by atoms with Gasteiger partial charge in [0.2, 0.25) is 11.8 Å². The summed E-state index contributed by atoms with van der Waals surface area (Å²) in [6, 6.07) is 0. The normalized spacial score (nSPS) is 13.9. The van der Waals surface area contributed by atoms with Crippen LogP contribution < -0.4 is 5.73 Å². The molecule has 0 aromatic carbocycles. The Hall–Kier alpha value is -0.900. The highest BCUT2D eigenvalue weighted by Gasteiger charge is 2.21. The van der Waals surface area contributed by atoms with Crippen molar-refractivity contribution in [1.82, 2.24) is 10.2 Å². The molecular weight excluding hydrogens is 178 g/mol. The quantitative estimate of drug-likeness (QED) is 0.800. The van der Waals surface area contributed by atoms with Gasteiger partial charge >= 0.3 is 0 Å². The van der Waals surface area contributed by atoms with E-state index < -0.39 is 0 Å². The van der Waals surface area contributed by atoms with Crippen LogP contribution in [0.25, 0.3) is 0 Å². The monoisotopic (exact) mass is 197 g/mol.